The van der Waals surface area contributed by atoms with Crippen LogP contribution in [0.5, 0.6) is 0 Å². The molecular weight excluding hydrogens is 228 g/mol. The van der Waals surface area contributed by atoms with Gasteiger partial charge < -0.3 is 9.88 Å². The van der Waals surface area contributed by atoms with Gasteiger partial charge in [0.15, 0.2) is 5.82 Å². The van der Waals surface area contributed by atoms with E-state index in [9.17, 15) is 4.79 Å². The fraction of sp³-hybridized carbons (Fsp3) is 0.308. The molecule has 18 heavy (non-hydrogen) atoms. The minimum atomic E-state index is -0.0778. The van der Waals surface area contributed by atoms with Crippen molar-refractivity contribution in [2.75, 3.05) is 0 Å². The molecule has 0 bridgehead atoms. The van der Waals surface area contributed by atoms with Gasteiger partial charge in [-0.25, -0.2) is 0 Å². The molecule has 0 radical (unpaired) electrons. The molecule has 1 aliphatic rings. The maximum Gasteiger partial charge on any atom is 0.251 e. The number of hydrogen-bond acceptors (Lipinski definition) is 3. The molecule has 0 spiro atoms. The van der Waals surface area contributed by atoms with Gasteiger partial charge in [0.2, 0.25) is 0 Å². The molecule has 1 aromatic carbocycles. The molecule has 2 aromatic rings. The molecule has 0 saturated heterocycles. The Morgan fingerprint density at radius 3 is 2.94 bits per heavy atom. The van der Waals surface area contributed by atoms with Crippen molar-refractivity contribution in [2.24, 2.45) is 0 Å². The summed E-state index contributed by atoms with van der Waals surface area (Å²) in [5.41, 5.74) is 0.665. The Morgan fingerprint density at radius 1 is 1.28 bits per heavy atom. The molecule has 0 fully saturated rings. The average Bonchev–Trinajstić information content (AvgIpc) is 3.00. The minimum absolute atomic E-state index is 0.0778. The van der Waals surface area contributed by atoms with E-state index >= 15 is 0 Å². The normalized spacial score (nSPS) is 13.3. The van der Waals surface area contributed by atoms with Crippen LogP contribution in [0.25, 0.3) is 0 Å². The summed E-state index contributed by atoms with van der Waals surface area (Å²) in [7, 11) is 0. The maximum atomic E-state index is 11.9. The van der Waals surface area contributed by atoms with Crippen LogP contribution in [-0.4, -0.2) is 20.7 Å². The minimum Gasteiger partial charge on any atom is -0.345 e. The number of aromatic nitrogens is 3. The predicted octanol–water partition coefficient (Wildman–Crippen LogP) is 1.15. The molecular formula is C13H14N4O. The second-order valence-electron chi connectivity index (χ2n) is 4.34. The van der Waals surface area contributed by atoms with E-state index in [-0.39, 0.29) is 5.91 Å². The van der Waals surface area contributed by atoms with Crippen LogP contribution in [0.4, 0.5) is 0 Å². The van der Waals surface area contributed by atoms with Crippen LogP contribution in [0.2, 0.25) is 0 Å². The molecule has 92 valence electrons. The summed E-state index contributed by atoms with van der Waals surface area (Å²) in [6.07, 6.45) is 2.10. The third-order valence-electron chi connectivity index (χ3n) is 3.13. The fourth-order valence-corrected chi connectivity index (χ4v) is 2.19. The molecule has 0 saturated carbocycles. The van der Waals surface area contributed by atoms with E-state index < -0.39 is 0 Å². The molecule has 5 nitrogen and oxygen atoms in total. The largest absolute Gasteiger partial charge is 0.345 e. The Labute approximate surface area is 105 Å². The molecule has 5 heteroatoms. The molecule has 1 aliphatic heterocycles. The standard InChI is InChI=1S/C13H14N4O/c18-13(10-5-2-1-3-6-10)14-9-12-16-15-11-7-4-8-17(11)12/h1-3,5-6H,4,7-9H2,(H,14,18). The van der Waals surface area contributed by atoms with Crippen LogP contribution in [0.3, 0.4) is 0 Å². The van der Waals surface area contributed by atoms with Gasteiger partial charge in [0.25, 0.3) is 5.91 Å². The summed E-state index contributed by atoms with van der Waals surface area (Å²) in [5, 5.41) is 11.1. The summed E-state index contributed by atoms with van der Waals surface area (Å²) < 4.78 is 2.09. The first-order valence-electron chi connectivity index (χ1n) is 6.09. The SMILES string of the molecule is O=C(NCc1nnc2n1CCC2)c1ccccc1. The predicted molar refractivity (Wildman–Crippen MR) is 66.0 cm³/mol. The number of aryl methyl sites for hydroxylation is 1. The van der Waals surface area contributed by atoms with E-state index in [0.29, 0.717) is 12.1 Å². The summed E-state index contributed by atoms with van der Waals surface area (Å²) in [5.74, 6) is 1.79. The molecule has 3 rings (SSSR count). The zero-order valence-electron chi connectivity index (χ0n) is 9.97. The van der Waals surface area contributed by atoms with E-state index in [1.807, 2.05) is 18.2 Å². The van der Waals surface area contributed by atoms with Gasteiger partial charge in [0.05, 0.1) is 6.54 Å². The van der Waals surface area contributed by atoms with E-state index in [0.717, 1.165) is 31.0 Å². The first-order valence-corrected chi connectivity index (χ1v) is 6.09. The van der Waals surface area contributed by atoms with Gasteiger partial charge >= 0.3 is 0 Å². The van der Waals surface area contributed by atoms with Crippen molar-refractivity contribution in [1.29, 1.82) is 0 Å². The zero-order valence-corrected chi connectivity index (χ0v) is 9.97. The number of hydrogen-bond donors (Lipinski definition) is 1. The number of benzene rings is 1. The van der Waals surface area contributed by atoms with Crippen molar-refractivity contribution in [3.05, 3.63) is 47.5 Å². The first-order chi connectivity index (χ1) is 8.84. The van der Waals surface area contributed by atoms with Crippen LogP contribution in [-0.2, 0) is 19.5 Å². The number of carbonyl (C=O) groups is 1. The van der Waals surface area contributed by atoms with Crippen molar-refractivity contribution in [1.82, 2.24) is 20.1 Å². The Morgan fingerprint density at radius 2 is 2.11 bits per heavy atom. The van der Waals surface area contributed by atoms with Crippen molar-refractivity contribution >= 4 is 5.91 Å². The third-order valence-corrected chi connectivity index (χ3v) is 3.13. The number of fused-ring (bicyclic) bond motifs is 1. The lowest BCUT2D eigenvalue weighted by atomic mass is 10.2. The van der Waals surface area contributed by atoms with Crippen molar-refractivity contribution < 1.29 is 4.79 Å². The van der Waals surface area contributed by atoms with Gasteiger partial charge in [0.1, 0.15) is 5.82 Å². The zero-order chi connectivity index (χ0) is 12.4. The van der Waals surface area contributed by atoms with E-state index in [4.69, 9.17) is 0 Å². The number of rotatable bonds is 3. The quantitative estimate of drug-likeness (QED) is 0.878. The lowest BCUT2D eigenvalue weighted by molar-refractivity contribution is 0.0949. The van der Waals surface area contributed by atoms with E-state index in [1.165, 1.54) is 0 Å². The summed E-state index contributed by atoms with van der Waals surface area (Å²) >= 11 is 0. The van der Waals surface area contributed by atoms with Crippen LogP contribution in [0.15, 0.2) is 30.3 Å². The highest BCUT2D eigenvalue weighted by Gasteiger charge is 2.17. The van der Waals surface area contributed by atoms with E-state index in [1.54, 1.807) is 12.1 Å². The highest BCUT2D eigenvalue weighted by molar-refractivity contribution is 5.93. The average molecular weight is 242 g/mol. The number of nitrogens with zero attached hydrogens (tertiary/aromatic N) is 3. The summed E-state index contributed by atoms with van der Waals surface area (Å²) in [6, 6.07) is 9.18. The van der Waals surface area contributed by atoms with Crippen LogP contribution >= 0.6 is 0 Å². The topological polar surface area (TPSA) is 59.8 Å². The van der Waals surface area contributed by atoms with E-state index in [2.05, 4.69) is 20.1 Å². The van der Waals surface area contributed by atoms with Crippen LogP contribution in [0.1, 0.15) is 28.4 Å². The fourth-order valence-electron chi connectivity index (χ4n) is 2.19. The van der Waals surface area contributed by atoms with Gasteiger partial charge in [-0.3, -0.25) is 4.79 Å². The third kappa shape index (κ3) is 1.99. The molecule has 0 unspecified atom stereocenters. The van der Waals surface area contributed by atoms with Gasteiger partial charge in [-0.2, -0.15) is 0 Å². The summed E-state index contributed by atoms with van der Waals surface area (Å²) in [6.45, 7) is 1.39. The highest BCUT2D eigenvalue weighted by atomic mass is 16.1. The molecule has 1 amide bonds. The maximum absolute atomic E-state index is 11.9. The molecule has 0 aliphatic carbocycles. The lowest BCUT2D eigenvalue weighted by Crippen LogP contribution is -2.24. The molecule has 1 N–H and O–H groups in total. The Hall–Kier alpha value is -2.17. The molecule has 0 atom stereocenters. The second-order valence-corrected chi connectivity index (χ2v) is 4.34. The number of carbonyl (C=O) groups excluding carboxylic acids is 1. The van der Waals surface area contributed by atoms with Crippen LogP contribution in [0, 0.1) is 0 Å². The van der Waals surface area contributed by atoms with Gasteiger partial charge in [-0.15, -0.1) is 10.2 Å². The first kappa shape index (κ1) is 11.0. The van der Waals surface area contributed by atoms with Crippen molar-refractivity contribution in [3.63, 3.8) is 0 Å². The Balaban J connectivity index is 1.66. The van der Waals surface area contributed by atoms with Gasteiger partial charge in [-0.05, 0) is 18.6 Å². The smallest absolute Gasteiger partial charge is 0.251 e. The van der Waals surface area contributed by atoms with Gasteiger partial charge in [-0.1, -0.05) is 18.2 Å². The molecule has 1 aromatic heterocycles. The van der Waals surface area contributed by atoms with Crippen molar-refractivity contribution in [2.45, 2.75) is 25.9 Å². The van der Waals surface area contributed by atoms with Crippen LogP contribution < -0.4 is 5.32 Å². The van der Waals surface area contributed by atoms with Gasteiger partial charge in [0, 0.05) is 18.5 Å². The summed E-state index contributed by atoms with van der Waals surface area (Å²) in [4.78, 5) is 11.9. The number of amides is 1. The lowest BCUT2D eigenvalue weighted by Gasteiger charge is -2.05. The van der Waals surface area contributed by atoms with Crippen molar-refractivity contribution in [3.8, 4) is 0 Å². The number of nitrogens with one attached hydrogen (secondary N) is 1. The second kappa shape index (κ2) is 4.60. The Bertz CT molecular complexity index is 562. The monoisotopic (exact) mass is 242 g/mol. The highest BCUT2D eigenvalue weighted by Crippen LogP contribution is 2.13. The molecule has 2 heterocycles. The Kier molecular flexibility index (Phi) is 2.80.